The fraction of sp³-hybridized carbons (Fsp3) is 0.312. The Kier molecular flexibility index (Phi) is 4.53. The Balaban J connectivity index is 1.68. The van der Waals surface area contributed by atoms with E-state index < -0.39 is 0 Å². The van der Waals surface area contributed by atoms with Crippen molar-refractivity contribution in [3.8, 4) is 5.75 Å². The molecule has 1 aromatic carbocycles. The molecule has 1 aliphatic rings. The number of aromatic nitrogens is 1. The summed E-state index contributed by atoms with van der Waals surface area (Å²) in [5.41, 5.74) is 6.61. The van der Waals surface area contributed by atoms with Crippen molar-refractivity contribution in [2.45, 2.75) is 25.3 Å². The molecule has 1 unspecified atom stereocenters. The molecule has 4 nitrogen and oxygen atoms in total. The SMILES string of the molecule is NNC(CCc1ccc2c(c1)CCO2)c1cncc(Br)c1. The van der Waals surface area contributed by atoms with Crippen molar-refractivity contribution in [1.82, 2.24) is 10.4 Å². The molecule has 0 saturated heterocycles. The number of nitrogens with one attached hydrogen (secondary N) is 1. The monoisotopic (exact) mass is 347 g/mol. The van der Waals surface area contributed by atoms with Crippen LogP contribution in [0.2, 0.25) is 0 Å². The van der Waals surface area contributed by atoms with Gasteiger partial charge in [0.05, 0.1) is 6.61 Å². The quantitative estimate of drug-likeness (QED) is 0.644. The largest absolute Gasteiger partial charge is 0.493 e. The summed E-state index contributed by atoms with van der Waals surface area (Å²) < 4.78 is 6.50. The standard InChI is InChI=1S/C16H18BrN3O/c17-14-8-13(9-19-10-14)15(20-18)3-1-11-2-4-16-12(7-11)5-6-21-16/h2,4,7-10,15,20H,1,3,5-6,18H2. The summed E-state index contributed by atoms with van der Waals surface area (Å²) >= 11 is 3.44. The molecule has 0 spiro atoms. The molecule has 3 N–H and O–H groups in total. The van der Waals surface area contributed by atoms with Crippen molar-refractivity contribution in [3.05, 3.63) is 57.8 Å². The molecule has 2 heterocycles. The van der Waals surface area contributed by atoms with Crippen molar-refractivity contribution in [3.63, 3.8) is 0 Å². The summed E-state index contributed by atoms with van der Waals surface area (Å²) in [5.74, 6) is 6.73. The maximum Gasteiger partial charge on any atom is 0.122 e. The molecule has 0 bridgehead atoms. The van der Waals surface area contributed by atoms with Crippen LogP contribution in [0.5, 0.6) is 5.75 Å². The Hall–Kier alpha value is -1.43. The number of fused-ring (bicyclic) bond motifs is 1. The maximum absolute atomic E-state index is 5.70. The van der Waals surface area contributed by atoms with Crippen LogP contribution in [0.3, 0.4) is 0 Å². The molecule has 0 radical (unpaired) electrons. The number of nitrogens with two attached hydrogens (primary N) is 1. The number of hydrazine groups is 1. The fourth-order valence-electron chi connectivity index (χ4n) is 2.67. The highest BCUT2D eigenvalue weighted by Crippen LogP contribution is 2.27. The van der Waals surface area contributed by atoms with Crippen molar-refractivity contribution < 1.29 is 4.74 Å². The average molecular weight is 348 g/mol. The van der Waals surface area contributed by atoms with Gasteiger partial charge in [-0.05, 0) is 57.6 Å². The molecule has 0 aliphatic carbocycles. The van der Waals surface area contributed by atoms with Gasteiger partial charge in [-0.3, -0.25) is 16.3 Å². The van der Waals surface area contributed by atoms with Crippen molar-refractivity contribution in [2.24, 2.45) is 5.84 Å². The van der Waals surface area contributed by atoms with Crippen LogP contribution in [-0.2, 0) is 12.8 Å². The smallest absolute Gasteiger partial charge is 0.122 e. The summed E-state index contributed by atoms with van der Waals surface area (Å²) in [4.78, 5) is 4.20. The van der Waals surface area contributed by atoms with Crippen LogP contribution in [0.1, 0.15) is 29.2 Å². The third-order valence-corrected chi connectivity index (χ3v) is 4.24. The first kappa shape index (κ1) is 14.5. The summed E-state index contributed by atoms with van der Waals surface area (Å²) in [7, 11) is 0. The summed E-state index contributed by atoms with van der Waals surface area (Å²) in [5, 5.41) is 0. The number of hydrogen-bond acceptors (Lipinski definition) is 4. The topological polar surface area (TPSA) is 60.2 Å². The van der Waals surface area contributed by atoms with Gasteiger partial charge < -0.3 is 4.74 Å². The zero-order valence-corrected chi connectivity index (χ0v) is 13.3. The zero-order chi connectivity index (χ0) is 14.7. The number of pyridine rings is 1. The second-order valence-corrected chi connectivity index (χ2v) is 6.15. The van der Waals surface area contributed by atoms with Gasteiger partial charge in [-0.2, -0.15) is 0 Å². The molecule has 0 saturated carbocycles. The predicted molar refractivity (Wildman–Crippen MR) is 86.0 cm³/mol. The van der Waals surface area contributed by atoms with Gasteiger partial charge in [0, 0.05) is 29.3 Å². The lowest BCUT2D eigenvalue weighted by Crippen LogP contribution is -2.28. The van der Waals surface area contributed by atoms with E-state index in [4.69, 9.17) is 10.6 Å². The lowest BCUT2D eigenvalue weighted by molar-refractivity contribution is 0.357. The van der Waals surface area contributed by atoms with Crippen molar-refractivity contribution in [2.75, 3.05) is 6.61 Å². The Morgan fingerprint density at radius 3 is 3.05 bits per heavy atom. The first-order valence-electron chi connectivity index (χ1n) is 7.07. The highest BCUT2D eigenvalue weighted by Gasteiger charge is 2.14. The maximum atomic E-state index is 5.70. The van der Waals surface area contributed by atoms with Gasteiger partial charge in [-0.25, -0.2) is 0 Å². The van der Waals surface area contributed by atoms with Crippen molar-refractivity contribution in [1.29, 1.82) is 0 Å². The molecule has 0 amide bonds. The third-order valence-electron chi connectivity index (χ3n) is 3.81. The lowest BCUT2D eigenvalue weighted by Gasteiger charge is -2.16. The first-order chi connectivity index (χ1) is 10.3. The highest BCUT2D eigenvalue weighted by molar-refractivity contribution is 9.10. The molecular weight excluding hydrogens is 330 g/mol. The molecule has 2 aromatic rings. The van der Waals surface area contributed by atoms with Gasteiger partial charge in [-0.15, -0.1) is 0 Å². The minimum Gasteiger partial charge on any atom is -0.493 e. The van der Waals surface area contributed by atoms with Gasteiger partial charge in [-0.1, -0.05) is 12.1 Å². The van der Waals surface area contributed by atoms with Gasteiger partial charge in [0.1, 0.15) is 5.75 Å². The predicted octanol–water partition coefficient (Wildman–Crippen LogP) is 2.92. The van der Waals surface area contributed by atoms with E-state index in [1.165, 1.54) is 11.1 Å². The molecule has 110 valence electrons. The number of rotatable bonds is 5. The van der Waals surface area contributed by atoms with E-state index in [-0.39, 0.29) is 6.04 Å². The normalized spacial score (nSPS) is 14.6. The van der Waals surface area contributed by atoms with Gasteiger partial charge in [0.25, 0.3) is 0 Å². The molecule has 1 atom stereocenters. The molecule has 3 rings (SSSR count). The molecule has 1 aliphatic heterocycles. The van der Waals surface area contributed by atoms with E-state index in [1.54, 1.807) is 6.20 Å². The fourth-order valence-corrected chi connectivity index (χ4v) is 3.05. The summed E-state index contributed by atoms with van der Waals surface area (Å²) in [6, 6.07) is 8.60. The van der Waals surface area contributed by atoms with E-state index in [2.05, 4.69) is 44.5 Å². The van der Waals surface area contributed by atoms with Gasteiger partial charge in [0.2, 0.25) is 0 Å². The number of ether oxygens (including phenoxy) is 1. The molecular formula is C16H18BrN3O. The Morgan fingerprint density at radius 1 is 1.33 bits per heavy atom. The minimum atomic E-state index is 0.0968. The Bertz CT molecular complexity index is 633. The van der Waals surface area contributed by atoms with Crippen LogP contribution in [0, 0.1) is 0 Å². The first-order valence-corrected chi connectivity index (χ1v) is 7.87. The number of benzene rings is 1. The molecule has 5 heteroatoms. The molecule has 0 fully saturated rings. The van der Waals surface area contributed by atoms with E-state index in [1.807, 2.05) is 12.3 Å². The van der Waals surface area contributed by atoms with Gasteiger partial charge in [0.15, 0.2) is 0 Å². The molecule has 1 aromatic heterocycles. The second kappa shape index (κ2) is 6.56. The van der Waals surface area contributed by atoms with E-state index in [0.29, 0.717) is 0 Å². The number of aryl methyl sites for hydroxylation is 1. The number of nitrogens with zero attached hydrogens (tertiary/aromatic N) is 1. The minimum absolute atomic E-state index is 0.0968. The average Bonchev–Trinajstić information content (AvgIpc) is 2.95. The van der Waals surface area contributed by atoms with Gasteiger partial charge >= 0.3 is 0 Å². The van der Waals surface area contributed by atoms with Crippen LogP contribution in [0.4, 0.5) is 0 Å². The van der Waals surface area contributed by atoms with Crippen LogP contribution < -0.4 is 16.0 Å². The lowest BCUT2D eigenvalue weighted by atomic mass is 9.99. The van der Waals surface area contributed by atoms with E-state index in [0.717, 1.165) is 41.7 Å². The summed E-state index contributed by atoms with van der Waals surface area (Å²) in [6.07, 6.45) is 6.53. The summed E-state index contributed by atoms with van der Waals surface area (Å²) in [6.45, 7) is 0.801. The van der Waals surface area contributed by atoms with Crippen LogP contribution in [0.25, 0.3) is 0 Å². The zero-order valence-electron chi connectivity index (χ0n) is 11.7. The number of halogens is 1. The highest BCUT2D eigenvalue weighted by atomic mass is 79.9. The Morgan fingerprint density at radius 2 is 2.24 bits per heavy atom. The second-order valence-electron chi connectivity index (χ2n) is 5.23. The van der Waals surface area contributed by atoms with Crippen LogP contribution in [0.15, 0.2) is 41.1 Å². The van der Waals surface area contributed by atoms with Crippen LogP contribution >= 0.6 is 15.9 Å². The van der Waals surface area contributed by atoms with Crippen LogP contribution in [-0.4, -0.2) is 11.6 Å². The molecule has 21 heavy (non-hydrogen) atoms. The van der Waals surface area contributed by atoms with Crippen molar-refractivity contribution >= 4 is 15.9 Å². The third kappa shape index (κ3) is 3.43. The van der Waals surface area contributed by atoms with E-state index >= 15 is 0 Å². The number of hydrogen-bond donors (Lipinski definition) is 2. The van der Waals surface area contributed by atoms with E-state index in [9.17, 15) is 0 Å². The Labute approximate surface area is 132 Å².